The van der Waals surface area contributed by atoms with E-state index < -0.39 is 0 Å². The first kappa shape index (κ1) is 20.6. The van der Waals surface area contributed by atoms with Crippen molar-refractivity contribution in [1.82, 2.24) is 0 Å². The first-order chi connectivity index (χ1) is 13.2. The normalized spacial score (nSPS) is 12.0. The predicted molar refractivity (Wildman–Crippen MR) is 123 cm³/mol. The van der Waals surface area contributed by atoms with E-state index in [-0.39, 0.29) is 16.5 Å². The van der Waals surface area contributed by atoms with E-state index in [1.807, 2.05) is 31.7 Å². The lowest BCUT2D eigenvalue weighted by molar-refractivity contribution is 0.0841. The molecule has 0 spiro atoms. The van der Waals surface area contributed by atoms with E-state index in [0.717, 1.165) is 27.7 Å². The Morgan fingerprint density at radius 1 is 0.750 bits per heavy atom. The zero-order chi connectivity index (χ0) is 20.4. The van der Waals surface area contributed by atoms with Crippen LogP contribution in [0.4, 0.5) is 0 Å². The van der Waals surface area contributed by atoms with Gasteiger partial charge in [-0.25, -0.2) is 0 Å². The molecule has 0 amide bonds. The van der Waals surface area contributed by atoms with E-state index in [2.05, 4.69) is 73.3 Å². The second kappa shape index (κ2) is 8.11. The molecule has 1 N–H and O–H groups in total. The summed E-state index contributed by atoms with van der Waals surface area (Å²) in [7, 11) is 4.70. The molecule has 0 aliphatic heterocycles. The summed E-state index contributed by atoms with van der Waals surface area (Å²) in [6.45, 7) is 8.49. The van der Waals surface area contributed by atoms with E-state index in [9.17, 15) is 5.11 Å². The van der Waals surface area contributed by atoms with Crippen molar-refractivity contribution in [2.24, 2.45) is 0 Å². The molecule has 0 heterocycles. The third kappa shape index (κ3) is 4.84. The molecule has 4 heteroatoms. The molecule has 3 rings (SSSR count). The maximum absolute atomic E-state index is 9.76. The van der Waals surface area contributed by atoms with Crippen LogP contribution in [-0.2, 0) is 4.65 Å². The number of phenolic OH excluding ortho intramolecular Hbond substituents is 1. The Kier molecular flexibility index (Phi) is 5.98. The van der Waals surface area contributed by atoms with E-state index in [4.69, 9.17) is 4.65 Å². The fourth-order valence-electron chi connectivity index (χ4n) is 2.72. The van der Waals surface area contributed by atoms with E-state index >= 15 is 0 Å². The van der Waals surface area contributed by atoms with Gasteiger partial charge in [-0.15, -0.1) is 9.24 Å². The molecule has 1 unspecified atom stereocenters. The minimum absolute atomic E-state index is 0.0450. The van der Waals surface area contributed by atoms with Crippen LogP contribution in [0.5, 0.6) is 5.75 Å². The Morgan fingerprint density at radius 3 is 1.82 bits per heavy atom. The molecule has 0 aromatic heterocycles. The average molecular weight is 389 g/mol. The highest BCUT2D eigenvalue weighted by Gasteiger charge is 2.33. The van der Waals surface area contributed by atoms with Gasteiger partial charge in [-0.3, -0.25) is 0 Å². The van der Waals surface area contributed by atoms with Gasteiger partial charge in [0.1, 0.15) is 5.75 Å². The van der Waals surface area contributed by atoms with Gasteiger partial charge >= 0.3 is 7.48 Å². The fraction of sp³-hybridized carbons (Fsp3) is 0.250. The quantitative estimate of drug-likeness (QED) is 0.451. The van der Waals surface area contributed by atoms with E-state index in [1.54, 1.807) is 12.1 Å². The Hall–Kier alpha value is -2.09. The number of phenols is 1. The Balaban J connectivity index is 1.84. The van der Waals surface area contributed by atoms with Crippen molar-refractivity contribution in [3.63, 3.8) is 0 Å². The highest BCUT2D eigenvalue weighted by Crippen LogP contribution is 2.33. The molecule has 1 atom stereocenters. The predicted octanol–water partition coefficient (Wildman–Crippen LogP) is 5.42. The summed E-state index contributed by atoms with van der Waals surface area (Å²) in [5.41, 5.74) is 5.05. The molecule has 3 aromatic rings. The number of rotatable bonds is 6. The minimum Gasteiger partial charge on any atom is -0.508 e. The number of benzene rings is 3. The summed E-state index contributed by atoms with van der Waals surface area (Å²) in [5.74, 6) is 0.274. The van der Waals surface area contributed by atoms with Crippen molar-refractivity contribution in [1.29, 1.82) is 0 Å². The maximum atomic E-state index is 9.76. The number of hydrogen-bond acceptors (Lipinski definition) is 2. The number of aromatic hydroxyl groups is 1. The van der Waals surface area contributed by atoms with Crippen LogP contribution in [0.25, 0.3) is 22.3 Å². The summed E-state index contributed by atoms with van der Waals surface area (Å²) in [5, 5.41) is 9.71. The molecule has 0 bridgehead atoms. The molecule has 0 aliphatic carbocycles. The molecule has 143 valence electrons. The Morgan fingerprint density at radius 2 is 1.25 bits per heavy atom. The van der Waals surface area contributed by atoms with Crippen LogP contribution in [0.1, 0.15) is 27.7 Å². The van der Waals surface area contributed by atoms with Gasteiger partial charge in [0.25, 0.3) is 0 Å². The molecule has 2 nitrogen and oxygen atoms in total. The van der Waals surface area contributed by atoms with Gasteiger partial charge in [0, 0.05) is 5.16 Å². The van der Waals surface area contributed by atoms with Crippen LogP contribution in [-0.4, -0.2) is 23.3 Å². The summed E-state index contributed by atoms with van der Waals surface area (Å²) in [6, 6.07) is 24.0. The third-order valence-electron chi connectivity index (χ3n) is 5.30. The van der Waals surface area contributed by atoms with Gasteiger partial charge in [-0.2, -0.15) is 0 Å². The van der Waals surface area contributed by atoms with Crippen molar-refractivity contribution in [2.75, 3.05) is 0 Å². The molecule has 0 fully saturated rings. The zero-order valence-electron chi connectivity index (χ0n) is 16.9. The summed E-state index contributed by atoms with van der Waals surface area (Å²) >= 11 is 0. The summed E-state index contributed by atoms with van der Waals surface area (Å²) < 4.78 is 6.10. The minimum atomic E-state index is -0.303. The molecule has 1 radical (unpaired) electrons. The third-order valence-corrected chi connectivity index (χ3v) is 6.00. The van der Waals surface area contributed by atoms with Crippen LogP contribution in [0, 0.1) is 0 Å². The second-order valence-corrected chi connectivity index (χ2v) is 9.67. The lowest BCUT2D eigenvalue weighted by atomic mass is 9.82. The Labute approximate surface area is 171 Å². The van der Waals surface area contributed by atoms with Crippen molar-refractivity contribution in [2.45, 2.75) is 38.5 Å². The molecule has 0 saturated heterocycles. The largest absolute Gasteiger partial charge is 0.508 e. The summed E-state index contributed by atoms with van der Waals surface area (Å²) in [6.07, 6.45) is 0. The topological polar surface area (TPSA) is 29.5 Å². The monoisotopic (exact) mass is 389 g/mol. The first-order valence-corrected chi connectivity index (χ1v) is 10.0. The highest BCUT2D eigenvalue weighted by atomic mass is 31.0. The second-order valence-electron chi connectivity index (χ2n) is 8.22. The Bertz CT molecular complexity index is 961. The highest BCUT2D eigenvalue weighted by molar-refractivity contribution is 7.19. The molecular formula is C24H27BO2P. The van der Waals surface area contributed by atoms with Gasteiger partial charge in [0.05, 0.1) is 5.60 Å². The lowest BCUT2D eigenvalue weighted by Crippen LogP contribution is -2.45. The maximum Gasteiger partial charge on any atom is 0.330 e. The molecular weight excluding hydrogens is 362 g/mol. The smallest absolute Gasteiger partial charge is 0.330 e. The van der Waals surface area contributed by atoms with Gasteiger partial charge < -0.3 is 9.76 Å². The van der Waals surface area contributed by atoms with Gasteiger partial charge in [0.15, 0.2) is 0 Å². The van der Waals surface area contributed by atoms with Gasteiger partial charge in [-0.1, -0.05) is 73.9 Å². The van der Waals surface area contributed by atoms with Crippen molar-refractivity contribution >= 4 is 22.2 Å². The number of hydrogen-bond donors (Lipinski definition) is 1. The van der Waals surface area contributed by atoms with Crippen LogP contribution in [0.15, 0.2) is 72.8 Å². The summed E-state index contributed by atoms with van der Waals surface area (Å²) in [4.78, 5) is 0. The van der Waals surface area contributed by atoms with Gasteiger partial charge in [0.2, 0.25) is 0 Å². The van der Waals surface area contributed by atoms with E-state index in [1.165, 1.54) is 0 Å². The van der Waals surface area contributed by atoms with Crippen LogP contribution < -0.4 is 5.46 Å². The molecule has 28 heavy (non-hydrogen) atoms. The molecule has 3 aromatic carbocycles. The zero-order valence-corrected chi connectivity index (χ0v) is 18.1. The van der Waals surface area contributed by atoms with Crippen LogP contribution >= 0.6 is 9.24 Å². The standard InChI is InChI=1S/C24H27BO2P/c1-23(2,24(3,4)28)27-25-21-12-6-10-19(15-21)17-8-5-9-18(14-17)20-11-7-13-22(26)16-20/h5-16,26H,28H2,1-4H3. The van der Waals surface area contributed by atoms with Crippen molar-refractivity contribution in [3.05, 3.63) is 72.8 Å². The molecule has 0 aliphatic rings. The average Bonchev–Trinajstić information content (AvgIpc) is 2.66. The fourth-order valence-corrected chi connectivity index (χ4v) is 2.79. The van der Waals surface area contributed by atoms with Gasteiger partial charge in [-0.05, 0) is 54.3 Å². The SMILES string of the molecule is CC(C)(P)C(C)(C)O[B]c1cccc(-c2cccc(-c3cccc(O)c3)c2)c1. The van der Waals surface area contributed by atoms with Crippen LogP contribution in [0.2, 0.25) is 0 Å². The lowest BCUT2D eigenvalue weighted by Gasteiger charge is -2.39. The first-order valence-electron chi connectivity index (χ1n) is 9.45. The van der Waals surface area contributed by atoms with Crippen LogP contribution in [0.3, 0.4) is 0 Å². The van der Waals surface area contributed by atoms with Crippen molar-refractivity contribution in [3.8, 4) is 28.0 Å². The van der Waals surface area contributed by atoms with E-state index in [0.29, 0.717) is 0 Å². The molecule has 0 saturated carbocycles. The van der Waals surface area contributed by atoms with Crippen molar-refractivity contribution < 1.29 is 9.76 Å².